The zero-order valence-electron chi connectivity index (χ0n) is 10.8. The van der Waals surface area contributed by atoms with E-state index in [9.17, 15) is 9.59 Å². The Morgan fingerprint density at radius 1 is 1.37 bits per heavy atom. The number of hydrogen-bond acceptors (Lipinski definition) is 4. The SMILES string of the molecule is COc1cc(C(=O)O)cc(Br)c1OCC(=O)N(C)C. The van der Waals surface area contributed by atoms with Crippen LogP contribution in [0.3, 0.4) is 0 Å². The normalized spacial score (nSPS) is 9.89. The topological polar surface area (TPSA) is 76.1 Å². The lowest BCUT2D eigenvalue weighted by Gasteiger charge is -2.15. The summed E-state index contributed by atoms with van der Waals surface area (Å²) in [5, 5.41) is 8.93. The Bertz CT molecular complexity index is 501. The van der Waals surface area contributed by atoms with E-state index in [2.05, 4.69) is 15.9 Å². The van der Waals surface area contributed by atoms with Gasteiger partial charge >= 0.3 is 5.97 Å². The Balaban J connectivity index is 3.00. The number of carboxylic acids is 1. The number of halogens is 1. The predicted octanol–water partition coefficient (Wildman–Crippen LogP) is 1.62. The fourth-order valence-corrected chi connectivity index (χ4v) is 1.80. The Morgan fingerprint density at radius 2 is 2.00 bits per heavy atom. The smallest absolute Gasteiger partial charge is 0.335 e. The van der Waals surface area contributed by atoms with E-state index >= 15 is 0 Å². The second kappa shape index (κ2) is 6.42. The minimum Gasteiger partial charge on any atom is -0.493 e. The van der Waals surface area contributed by atoms with Crippen LogP contribution in [-0.4, -0.2) is 49.7 Å². The molecule has 1 N–H and O–H groups in total. The third kappa shape index (κ3) is 3.85. The zero-order chi connectivity index (χ0) is 14.6. The van der Waals surface area contributed by atoms with Gasteiger partial charge in [0.05, 0.1) is 17.1 Å². The summed E-state index contributed by atoms with van der Waals surface area (Å²) < 4.78 is 10.8. The summed E-state index contributed by atoms with van der Waals surface area (Å²) in [6.07, 6.45) is 0. The number of benzene rings is 1. The van der Waals surface area contributed by atoms with Crippen LogP contribution in [0.25, 0.3) is 0 Å². The molecule has 0 bridgehead atoms. The first-order valence-electron chi connectivity index (χ1n) is 5.30. The summed E-state index contributed by atoms with van der Waals surface area (Å²) in [5.41, 5.74) is 0.0648. The van der Waals surface area contributed by atoms with E-state index in [1.165, 1.54) is 24.1 Å². The fraction of sp³-hybridized carbons (Fsp3) is 0.333. The molecule has 0 radical (unpaired) electrons. The molecule has 0 spiro atoms. The van der Waals surface area contributed by atoms with Crippen LogP contribution in [0.1, 0.15) is 10.4 Å². The van der Waals surface area contributed by atoms with Crippen molar-refractivity contribution in [2.24, 2.45) is 0 Å². The van der Waals surface area contributed by atoms with E-state index in [-0.39, 0.29) is 23.8 Å². The van der Waals surface area contributed by atoms with Crippen LogP contribution in [0.15, 0.2) is 16.6 Å². The number of carbonyl (C=O) groups is 2. The van der Waals surface area contributed by atoms with E-state index in [1.54, 1.807) is 14.1 Å². The van der Waals surface area contributed by atoms with Gasteiger partial charge in [-0.3, -0.25) is 4.79 Å². The fourth-order valence-electron chi connectivity index (χ4n) is 1.25. The van der Waals surface area contributed by atoms with E-state index in [0.29, 0.717) is 10.2 Å². The highest BCUT2D eigenvalue weighted by atomic mass is 79.9. The van der Waals surface area contributed by atoms with Crippen LogP contribution < -0.4 is 9.47 Å². The van der Waals surface area contributed by atoms with Crippen LogP contribution in [0.4, 0.5) is 0 Å². The molecular weight excluding hydrogens is 318 g/mol. The van der Waals surface area contributed by atoms with Crippen molar-refractivity contribution in [2.45, 2.75) is 0 Å². The van der Waals surface area contributed by atoms with Crippen molar-refractivity contribution < 1.29 is 24.2 Å². The Kier molecular flexibility index (Phi) is 5.17. The van der Waals surface area contributed by atoms with Crippen LogP contribution in [0, 0.1) is 0 Å². The molecule has 19 heavy (non-hydrogen) atoms. The summed E-state index contributed by atoms with van der Waals surface area (Å²) in [5.74, 6) is -0.743. The first-order valence-corrected chi connectivity index (χ1v) is 6.10. The van der Waals surface area contributed by atoms with Gasteiger partial charge in [0.25, 0.3) is 5.91 Å². The molecule has 0 saturated heterocycles. The Morgan fingerprint density at radius 3 is 2.47 bits per heavy atom. The number of amides is 1. The molecule has 1 amide bonds. The largest absolute Gasteiger partial charge is 0.493 e. The molecule has 6 nitrogen and oxygen atoms in total. The number of rotatable bonds is 5. The molecule has 0 fully saturated rings. The van der Waals surface area contributed by atoms with Crippen molar-refractivity contribution in [3.05, 3.63) is 22.2 Å². The maximum Gasteiger partial charge on any atom is 0.335 e. The number of nitrogens with zero attached hydrogens (tertiary/aromatic N) is 1. The molecule has 0 aliphatic carbocycles. The van der Waals surface area contributed by atoms with Gasteiger partial charge < -0.3 is 19.5 Å². The molecule has 0 unspecified atom stereocenters. The average Bonchev–Trinajstić information content (AvgIpc) is 2.35. The van der Waals surface area contributed by atoms with E-state index in [1.807, 2.05) is 0 Å². The van der Waals surface area contributed by atoms with Crippen molar-refractivity contribution in [1.29, 1.82) is 0 Å². The summed E-state index contributed by atoms with van der Waals surface area (Å²) in [7, 11) is 4.63. The molecular formula is C12H14BrNO5. The molecule has 7 heteroatoms. The number of aromatic carboxylic acids is 1. The van der Waals surface area contributed by atoms with Crippen molar-refractivity contribution in [3.63, 3.8) is 0 Å². The number of ether oxygens (including phenoxy) is 2. The maximum atomic E-state index is 11.5. The van der Waals surface area contributed by atoms with Crippen molar-refractivity contribution in [1.82, 2.24) is 4.90 Å². The van der Waals surface area contributed by atoms with Gasteiger partial charge in [0.1, 0.15) is 0 Å². The van der Waals surface area contributed by atoms with Crippen LogP contribution in [0.2, 0.25) is 0 Å². The number of carbonyl (C=O) groups excluding carboxylic acids is 1. The van der Waals surface area contributed by atoms with Gasteiger partial charge in [-0.15, -0.1) is 0 Å². The van der Waals surface area contributed by atoms with E-state index in [4.69, 9.17) is 14.6 Å². The molecule has 0 aromatic heterocycles. The number of carboxylic acid groups (broad SMARTS) is 1. The Hall–Kier alpha value is -1.76. The molecule has 0 heterocycles. The number of methoxy groups -OCH3 is 1. The van der Waals surface area contributed by atoms with Gasteiger partial charge in [-0.2, -0.15) is 0 Å². The lowest BCUT2D eigenvalue weighted by Crippen LogP contribution is -2.27. The highest BCUT2D eigenvalue weighted by Gasteiger charge is 2.16. The molecule has 0 aliphatic rings. The minimum absolute atomic E-state index is 0.0648. The Labute approximate surface area is 119 Å². The highest BCUT2D eigenvalue weighted by Crippen LogP contribution is 2.36. The first kappa shape index (κ1) is 15.3. The summed E-state index contributed by atoms with van der Waals surface area (Å²) in [4.78, 5) is 23.8. The summed E-state index contributed by atoms with van der Waals surface area (Å²) in [6, 6.07) is 2.73. The third-order valence-corrected chi connectivity index (χ3v) is 2.90. The van der Waals surface area contributed by atoms with Gasteiger partial charge in [-0.1, -0.05) is 0 Å². The van der Waals surface area contributed by atoms with Crippen LogP contribution in [-0.2, 0) is 4.79 Å². The predicted molar refractivity (Wildman–Crippen MR) is 71.8 cm³/mol. The molecule has 0 saturated carbocycles. The van der Waals surface area contributed by atoms with Crippen LogP contribution in [0.5, 0.6) is 11.5 Å². The van der Waals surface area contributed by atoms with Gasteiger partial charge in [-0.05, 0) is 28.1 Å². The van der Waals surface area contributed by atoms with Crippen LogP contribution >= 0.6 is 15.9 Å². The average molecular weight is 332 g/mol. The summed E-state index contributed by atoms with van der Waals surface area (Å²) in [6.45, 7) is -0.158. The van der Waals surface area contributed by atoms with Gasteiger partial charge in [-0.25, -0.2) is 4.79 Å². The van der Waals surface area contributed by atoms with Gasteiger partial charge in [0, 0.05) is 14.1 Å². The lowest BCUT2D eigenvalue weighted by molar-refractivity contribution is -0.130. The molecule has 0 aliphatic heterocycles. The standard InChI is InChI=1S/C12H14BrNO5/c1-14(2)10(15)6-19-11-8(13)4-7(12(16)17)5-9(11)18-3/h4-5H,6H2,1-3H3,(H,16,17). The molecule has 0 atom stereocenters. The third-order valence-electron chi connectivity index (χ3n) is 2.32. The van der Waals surface area contributed by atoms with Crippen molar-refractivity contribution in [3.8, 4) is 11.5 Å². The van der Waals surface area contributed by atoms with E-state index < -0.39 is 5.97 Å². The lowest BCUT2D eigenvalue weighted by atomic mass is 10.2. The van der Waals surface area contributed by atoms with Crippen molar-refractivity contribution >= 4 is 27.8 Å². The second-order valence-corrected chi connectivity index (χ2v) is 4.73. The molecule has 1 rings (SSSR count). The maximum absolute atomic E-state index is 11.5. The first-order chi connectivity index (χ1) is 8.86. The number of likely N-dealkylation sites (N-methyl/N-ethyl adjacent to an activating group) is 1. The van der Waals surface area contributed by atoms with Gasteiger partial charge in [0.15, 0.2) is 18.1 Å². The highest BCUT2D eigenvalue weighted by molar-refractivity contribution is 9.10. The zero-order valence-corrected chi connectivity index (χ0v) is 12.4. The number of hydrogen-bond donors (Lipinski definition) is 1. The minimum atomic E-state index is -1.07. The summed E-state index contributed by atoms with van der Waals surface area (Å²) >= 11 is 3.20. The second-order valence-electron chi connectivity index (χ2n) is 3.87. The molecule has 1 aromatic rings. The van der Waals surface area contributed by atoms with Crippen molar-refractivity contribution in [2.75, 3.05) is 27.8 Å². The van der Waals surface area contributed by atoms with Gasteiger partial charge in [0.2, 0.25) is 0 Å². The molecule has 104 valence electrons. The van der Waals surface area contributed by atoms with E-state index in [0.717, 1.165) is 0 Å². The quantitative estimate of drug-likeness (QED) is 0.887. The monoisotopic (exact) mass is 331 g/mol. The molecule has 1 aromatic carbocycles.